The minimum atomic E-state index is -0.266. The van der Waals surface area contributed by atoms with Crippen LogP contribution in [-0.2, 0) is 16.0 Å². The largest absolute Gasteiger partial charge is 0.349 e. The molecule has 1 aliphatic heterocycles. The van der Waals surface area contributed by atoms with Gasteiger partial charge in [-0.05, 0) is 36.3 Å². The highest BCUT2D eigenvalue weighted by Crippen LogP contribution is 2.24. The molecule has 1 aliphatic rings. The predicted molar refractivity (Wildman–Crippen MR) is 107 cm³/mol. The first kappa shape index (κ1) is 19.2. The number of hydrogen-bond acceptors (Lipinski definition) is 2. The molecule has 3 rings (SSSR count). The Hall–Kier alpha value is -2.62. The van der Waals surface area contributed by atoms with E-state index in [1.807, 2.05) is 41.3 Å². The van der Waals surface area contributed by atoms with Crippen molar-refractivity contribution in [1.82, 2.24) is 10.2 Å². The molecule has 1 saturated heterocycles. The first-order valence-electron chi connectivity index (χ1n) is 9.75. The van der Waals surface area contributed by atoms with E-state index in [-0.39, 0.29) is 17.9 Å². The molecule has 1 atom stereocenters. The molecule has 2 aromatic rings. The van der Waals surface area contributed by atoms with Gasteiger partial charge in [0.2, 0.25) is 11.8 Å². The van der Waals surface area contributed by atoms with Gasteiger partial charge in [-0.3, -0.25) is 9.59 Å². The lowest BCUT2D eigenvalue weighted by Crippen LogP contribution is -2.41. The zero-order valence-corrected chi connectivity index (χ0v) is 15.9. The fourth-order valence-electron chi connectivity index (χ4n) is 3.82. The van der Waals surface area contributed by atoms with E-state index in [4.69, 9.17) is 0 Å². The summed E-state index contributed by atoms with van der Waals surface area (Å²) in [5.41, 5.74) is 2.34. The minimum absolute atomic E-state index is 0.113. The third kappa shape index (κ3) is 5.68. The maximum Gasteiger partial charge on any atom is 0.224 e. The fourth-order valence-corrected chi connectivity index (χ4v) is 3.82. The molecule has 4 heteroatoms. The van der Waals surface area contributed by atoms with Gasteiger partial charge in [-0.25, -0.2) is 0 Å². The lowest BCUT2D eigenvalue weighted by atomic mass is 9.90. The van der Waals surface area contributed by atoms with E-state index in [1.54, 1.807) is 0 Å². The van der Waals surface area contributed by atoms with Crippen molar-refractivity contribution in [3.63, 3.8) is 0 Å². The smallest absolute Gasteiger partial charge is 0.224 e. The number of amides is 2. The van der Waals surface area contributed by atoms with Crippen molar-refractivity contribution in [2.75, 3.05) is 13.1 Å². The van der Waals surface area contributed by atoms with Crippen LogP contribution in [0.15, 0.2) is 60.7 Å². The Balaban J connectivity index is 1.54. The molecule has 0 spiro atoms. The Bertz CT molecular complexity index is 737. The van der Waals surface area contributed by atoms with Crippen molar-refractivity contribution >= 4 is 11.8 Å². The van der Waals surface area contributed by atoms with E-state index in [9.17, 15) is 9.59 Å². The van der Waals surface area contributed by atoms with Crippen LogP contribution in [0.3, 0.4) is 0 Å². The molecule has 0 bridgehead atoms. The normalized spacial score (nSPS) is 16.0. The molecule has 1 heterocycles. The molecular weight excluding hydrogens is 336 g/mol. The van der Waals surface area contributed by atoms with Gasteiger partial charge in [0.1, 0.15) is 0 Å². The summed E-state index contributed by atoms with van der Waals surface area (Å²) < 4.78 is 0. The third-order valence-electron chi connectivity index (χ3n) is 5.29. The highest BCUT2D eigenvalue weighted by atomic mass is 16.2. The second-order valence-electron chi connectivity index (χ2n) is 7.38. The van der Waals surface area contributed by atoms with Crippen LogP contribution in [-0.4, -0.2) is 29.8 Å². The van der Waals surface area contributed by atoms with Crippen LogP contribution < -0.4 is 5.32 Å². The quantitative estimate of drug-likeness (QED) is 0.849. The number of hydrogen-bond donors (Lipinski definition) is 1. The summed E-state index contributed by atoms with van der Waals surface area (Å²) in [6.45, 7) is 3.10. The predicted octanol–water partition coefficient (Wildman–Crippen LogP) is 3.74. The molecule has 0 saturated carbocycles. The topological polar surface area (TPSA) is 49.4 Å². The summed E-state index contributed by atoms with van der Waals surface area (Å²) in [7, 11) is 0. The van der Waals surface area contributed by atoms with E-state index in [0.717, 1.165) is 37.9 Å². The SMILES string of the molecule is CC(=O)NC(CC(=O)N1CCC(Cc2ccccc2)CC1)c1ccccc1. The molecule has 4 nitrogen and oxygen atoms in total. The monoisotopic (exact) mass is 364 g/mol. The van der Waals surface area contributed by atoms with Crippen LogP contribution in [0.4, 0.5) is 0 Å². The Morgan fingerprint density at radius 3 is 2.19 bits per heavy atom. The molecule has 1 fully saturated rings. The van der Waals surface area contributed by atoms with E-state index >= 15 is 0 Å². The Labute approximate surface area is 161 Å². The maximum atomic E-state index is 12.8. The zero-order chi connectivity index (χ0) is 19.1. The molecule has 2 amide bonds. The van der Waals surface area contributed by atoms with Crippen LogP contribution in [0.5, 0.6) is 0 Å². The number of piperidine rings is 1. The van der Waals surface area contributed by atoms with Crippen molar-refractivity contribution in [2.45, 2.75) is 38.6 Å². The molecule has 0 radical (unpaired) electrons. The van der Waals surface area contributed by atoms with E-state index in [2.05, 4.69) is 29.6 Å². The Morgan fingerprint density at radius 1 is 1.00 bits per heavy atom. The molecule has 142 valence electrons. The van der Waals surface area contributed by atoms with Gasteiger partial charge < -0.3 is 10.2 Å². The average Bonchev–Trinajstić information content (AvgIpc) is 2.69. The average molecular weight is 364 g/mol. The van der Waals surface area contributed by atoms with Gasteiger partial charge in [0.15, 0.2) is 0 Å². The van der Waals surface area contributed by atoms with Gasteiger partial charge in [0.25, 0.3) is 0 Å². The van der Waals surface area contributed by atoms with E-state index < -0.39 is 0 Å². The van der Waals surface area contributed by atoms with Gasteiger partial charge in [-0.15, -0.1) is 0 Å². The number of carbonyl (C=O) groups is 2. The first-order valence-corrected chi connectivity index (χ1v) is 9.75. The summed E-state index contributed by atoms with van der Waals surface area (Å²) in [6.07, 6.45) is 3.47. The van der Waals surface area contributed by atoms with Crippen LogP contribution in [0.2, 0.25) is 0 Å². The van der Waals surface area contributed by atoms with Crippen molar-refractivity contribution in [1.29, 1.82) is 0 Å². The molecule has 27 heavy (non-hydrogen) atoms. The highest BCUT2D eigenvalue weighted by molar-refractivity contribution is 5.79. The van der Waals surface area contributed by atoms with Gasteiger partial charge in [-0.1, -0.05) is 60.7 Å². The van der Waals surface area contributed by atoms with Crippen molar-refractivity contribution in [3.05, 3.63) is 71.8 Å². The summed E-state index contributed by atoms with van der Waals surface area (Å²) in [5, 5.41) is 2.92. The van der Waals surface area contributed by atoms with Gasteiger partial charge in [0.05, 0.1) is 12.5 Å². The Morgan fingerprint density at radius 2 is 1.59 bits per heavy atom. The van der Waals surface area contributed by atoms with Crippen molar-refractivity contribution < 1.29 is 9.59 Å². The van der Waals surface area contributed by atoms with Gasteiger partial charge in [-0.2, -0.15) is 0 Å². The molecule has 1 N–H and O–H groups in total. The first-order chi connectivity index (χ1) is 13.1. The van der Waals surface area contributed by atoms with Crippen LogP contribution in [0, 0.1) is 5.92 Å². The van der Waals surface area contributed by atoms with Crippen molar-refractivity contribution in [3.8, 4) is 0 Å². The molecule has 0 aromatic heterocycles. The number of rotatable bonds is 6. The molecule has 1 unspecified atom stereocenters. The van der Waals surface area contributed by atoms with E-state index in [1.165, 1.54) is 12.5 Å². The highest BCUT2D eigenvalue weighted by Gasteiger charge is 2.25. The van der Waals surface area contributed by atoms with Gasteiger partial charge >= 0.3 is 0 Å². The number of likely N-dealkylation sites (tertiary alicyclic amines) is 1. The van der Waals surface area contributed by atoms with Crippen LogP contribution in [0.1, 0.15) is 43.4 Å². The van der Waals surface area contributed by atoms with Crippen LogP contribution in [0.25, 0.3) is 0 Å². The summed E-state index contributed by atoms with van der Waals surface area (Å²) in [4.78, 5) is 26.3. The third-order valence-corrected chi connectivity index (χ3v) is 5.29. The second-order valence-corrected chi connectivity index (χ2v) is 7.38. The summed E-state index contributed by atoms with van der Waals surface area (Å²) in [5.74, 6) is 0.644. The standard InChI is InChI=1S/C23H28N2O2/c1-18(26)24-22(21-10-6-3-7-11-21)17-23(27)25-14-12-20(13-15-25)16-19-8-4-2-5-9-19/h2-11,20,22H,12-17H2,1H3,(H,24,26). The Kier molecular flexibility index (Phi) is 6.64. The lowest BCUT2D eigenvalue weighted by Gasteiger charge is -2.33. The molecule has 0 aliphatic carbocycles. The van der Waals surface area contributed by atoms with Crippen LogP contribution >= 0.6 is 0 Å². The molecular formula is C23H28N2O2. The number of nitrogens with zero attached hydrogens (tertiary/aromatic N) is 1. The summed E-state index contributed by atoms with van der Waals surface area (Å²) >= 11 is 0. The second kappa shape index (κ2) is 9.36. The number of benzene rings is 2. The maximum absolute atomic E-state index is 12.8. The van der Waals surface area contributed by atoms with E-state index in [0.29, 0.717) is 12.3 Å². The lowest BCUT2D eigenvalue weighted by molar-refractivity contribution is -0.133. The number of nitrogens with one attached hydrogen (secondary N) is 1. The van der Waals surface area contributed by atoms with Crippen molar-refractivity contribution in [2.24, 2.45) is 5.92 Å². The molecule has 2 aromatic carbocycles. The van der Waals surface area contributed by atoms with Gasteiger partial charge in [0, 0.05) is 20.0 Å². The summed E-state index contributed by atoms with van der Waals surface area (Å²) in [6, 6.07) is 20.0. The fraction of sp³-hybridized carbons (Fsp3) is 0.391. The number of carbonyl (C=O) groups excluding carboxylic acids is 2. The minimum Gasteiger partial charge on any atom is -0.349 e. The zero-order valence-electron chi connectivity index (χ0n) is 15.9.